The molecule has 0 bridgehead atoms. The minimum absolute atomic E-state index is 0.0635. The Bertz CT molecular complexity index is 1690. The Hall–Kier alpha value is -4.87. The molecular weight excluding hydrogens is 592 g/mol. The summed E-state index contributed by atoms with van der Waals surface area (Å²) in [7, 11) is -2.68. The van der Waals surface area contributed by atoms with E-state index in [9.17, 15) is 18.0 Å². The van der Waals surface area contributed by atoms with E-state index in [2.05, 4.69) is 15.8 Å². The van der Waals surface area contributed by atoms with Gasteiger partial charge in [-0.3, -0.25) is 13.9 Å². The number of amides is 2. The lowest BCUT2D eigenvalue weighted by atomic mass is 10.2. The van der Waals surface area contributed by atoms with Crippen LogP contribution in [0.5, 0.6) is 11.5 Å². The highest BCUT2D eigenvalue weighted by molar-refractivity contribution is 7.92. The van der Waals surface area contributed by atoms with Crippen LogP contribution in [0.1, 0.15) is 18.1 Å². The third kappa shape index (κ3) is 8.81. The highest BCUT2D eigenvalue weighted by Crippen LogP contribution is 2.26. The Kier molecular flexibility index (Phi) is 10.4. The zero-order valence-corrected chi connectivity index (χ0v) is 24.9. The van der Waals surface area contributed by atoms with Gasteiger partial charge in [0.2, 0.25) is 5.91 Å². The predicted octanol–water partition coefficient (Wildman–Crippen LogP) is 5.23. The Morgan fingerprint density at radius 2 is 1.60 bits per heavy atom. The van der Waals surface area contributed by atoms with Gasteiger partial charge in [-0.05, 0) is 96.1 Å². The van der Waals surface area contributed by atoms with Gasteiger partial charge >= 0.3 is 0 Å². The molecule has 4 rings (SSSR count). The van der Waals surface area contributed by atoms with Crippen molar-refractivity contribution in [1.82, 2.24) is 5.43 Å². The molecule has 0 radical (unpaired) electrons. The Morgan fingerprint density at radius 3 is 2.23 bits per heavy atom. The maximum absolute atomic E-state index is 13.6. The van der Waals surface area contributed by atoms with Crippen LogP contribution in [0.25, 0.3) is 0 Å². The number of benzene rings is 4. The highest BCUT2D eigenvalue weighted by Gasteiger charge is 2.27. The van der Waals surface area contributed by atoms with Crippen LogP contribution in [0.15, 0.2) is 107 Å². The van der Waals surface area contributed by atoms with Gasteiger partial charge < -0.3 is 14.8 Å². The highest BCUT2D eigenvalue weighted by atomic mass is 35.5. The normalized spacial score (nSPS) is 11.1. The molecule has 0 unspecified atom stereocenters. The van der Waals surface area contributed by atoms with Crippen LogP contribution < -0.4 is 24.5 Å². The number of rotatable bonds is 12. The van der Waals surface area contributed by atoms with E-state index in [1.54, 1.807) is 42.5 Å². The van der Waals surface area contributed by atoms with Crippen LogP contribution in [0.4, 0.5) is 11.4 Å². The topological polar surface area (TPSA) is 126 Å². The Labute approximate surface area is 254 Å². The molecule has 222 valence electrons. The molecule has 43 heavy (non-hydrogen) atoms. The first-order chi connectivity index (χ1) is 20.6. The van der Waals surface area contributed by atoms with E-state index in [0.717, 1.165) is 9.87 Å². The number of sulfonamides is 1. The number of hydrogen-bond acceptors (Lipinski definition) is 7. The first-order valence-electron chi connectivity index (χ1n) is 13.0. The van der Waals surface area contributed by atoms with E-state index >= 15 is 0 Å². The largest absolute Gasteiger partial charge is 0.497 e. The number of hydrazone groups is 1. The minimum Gasteiger partial charge on any atom is -0.497 e. The Morgan fingerprint density at radius 1 is 0.930 bits per heavy atom. The number of anilines is 2. The average molecular weight is 621 g/mol. The van der Waals surface area contributed by atoms with Crippen molar-refractivity contribution < 1.29 is 27.5 Å². The van der Waals surface area contributed by atoms with Crippen molar-refractivity contribution in [2.24, 2.45) is 5.10 Å². The molecule has 2 N–H and O–H groups in total. The van der Waals surface area contributed by atoms with E-state index in [-0.39, 0.29) is 16.5 Å². The first-order valence-corrected chi connectivity index (χ1v) is 14.8. The summed E-state index contributed by atoms with van der Waals surface area (Å²) in [5.41, 5.74) is 4.70. The third-order valence-electron chi connectivity index (χ3n) is 5.99. The van der Waals surface area contributed by atoms with Crippen molar-refractivity contribution >= 4 is 51.0 Å². The number of carbonyl (C=O) groups excluding carboxylic acids is 2. The molecule has 0 aliphatic rings. The SMILES string of the molecule is COc1ccc(N(CC(=O)N/N=C\c2ccc(OCc3cccc(Cl)c3)cc2)S(=O)(=O)c2ccc(NC(C)=O)cc2)cc1. The van der Waals surface area contributed by atoms with Crippen LogP contribution in [0.3, 0.4) is 0 Å². The second kappa shape index (κ2) is 14.3. The quantitative estimate of drug-likeness (QED) is 0.165. The summed E-state index contributed by atoms with van der Waals surface area (Å²) >= 11 is 6.01. The molecule has 0 aliphatic heterocycles. The van der Waals surface area contributed by atoms with Crippen molar-refractivity contribution in [3.8, 4) is 11.5 Å². The third-order valence-corrected chi connectivity index (χ3v) is 8.01. The summed E-state index contributed by atoms with van der Waals surface area (Å²) < 4.78 is 39.1. The van der Waals surface area contributed by atoms with E-state index < -0.39 is 22.5 Å². The summed E-state index contributed by atoms with van der Waals surface area (Å²) in [5.74, 6) is 0.222. The fraction of sp³-hybridized carbons (Fsp3) is 0.129. The Balaban J connectivity index is 1.43. The predicted molar refractivity (Wildman–Crippen MR) is 166 cm³/mol. The maximum Gasteiger partial charge on any atom is 0.264 e. The lowest BCUT2D eigenvalue weighted by Gasteiger charge is -2.24. The van der Waals surface area contributed by atoms with Crippen LogP contribution in [0.2, 0.25) is 5.02 Å². The van der Waals surface area contributed by atoms with E-state index in [0.29, 0.717) is 34.4 Å². The number of hydrogen-bond donors (Lipinski definition) is 2. The average Bonchev–Trinajstić information content (AvgIpc) is 2.99. The van der Waals surface area contributed by atoms with Crippen molar-refractivity contribution in [2.45, 2.75) is 18.4 Å². The zero-order chi connectivity index (χ0) is 30.8. The molecule has 4 aromatic rings. The smallest absolute Gasteiger partial charge is 0.264 e. The van der Waals surface area contributed by atoms with Crippen LogP contribution >= 0.6 is 11.6 Å². The van der Waals surface area contributed by atoms with Gasteiger partial charge in [-0.25, -0.2) is 13.8 Å². The number of nitrogens with zero attached hydrogens (tertiary/aromatic N) is 2. The summed E-state index contributed by atoms with van der Waals surface area (Å²) in [6.07, 6.45) is 1.44. The standard InChI is InChI=1S/C31H29ClN4O6S/c1-22(37)34-26-8-16-30(17-9-26)43(39,40)36(27-10-14-28(41-2)15-11-27)20-31(38)35-33-19-23-6-12-29(13-7-23)42-21-24-4-3-5-25(32)18-24/h3-19H,20-21H2,1-2H3,(H,34,37)(H,35,38)/b33-19-. The number of carbonyl (C=O) groups is 2. The van der Waals surface area contributed by atoms with E-state index in [4.69, 9.17) is 21.1 Å². The summed E-state index contributed by atoms with van der Waals surface area (Å²) in [6, 6.07) is 26.4. The molecule has 0 aliphatic carbocycles. The molecule has 4 aromatic carbocycles. The fourth-order valence-electron chi connectivity index (χ4n) is 3.89. The van der Waals surface area contributed by atoms with Gasteiger partial charge in [0, 0.05) is 17.6 Å². The molecule has 0 saturated heterocycles. The maximum atomic E-state index is 13.6. The van der Waals surface area contributed by atoms with Crippen molar-refractivity contribution in [1.29, 1.82) is 0 Å². The summed E-state index contributed by atoms with van der Waals surface area (Å²) in [4.78, 5) is 24.1. The van der Waals surface area contributed by atoms with Crippen LogP contribution in [-0.2, 0) is 26.2 Å². The molecule has 0 atom stereocenters. The summed E-state index contributed by atoms with van der Waals surface area (Å²) in [6.45, 7) is 1.16. The number of nitrogens with one attached hydrogen (secondary N) is 2. The summed E-state index contributed by atoms with van der Waals surface area (Å²) in [5, 5.41) is 7.21. The molecule has 0 aromatic heterocycles. The monoisotopic (exact) mass is 620 g/mol. The van der Waals surface area contributed by atoms with Crippen molar-refractivity contribution in [3.63, 3.8) is 0 Å². The second-order valence-corrected chi connectivity index (χ2v) is 11.5. The van der Waals surface area contributed by atoms with E-state index in [1.807, 2.05) is 18.2 Å². The van der Waals surface area contributed by atoms with Gasteiger partial charge in [-0.1, -0.05) is 23.7 Å². The molecular formula is C31H29ClN4O6S. The molecule has 0 heterocycles. The second-order valence-electron chi connectivity index (χ2n) is 9.20. The van der Waals surface area contributed by atoms with Crippen LogP contribution in [-0.4, -0.2) is 40.1 Å². The molecule has 12 heteroatoms. The molecule has 0 saturated carbocycles. The lowest BCUT2D eigenvalue weighted by Crippen LogP contribution is -2.39. The number of methoxy groups -OCH3 is 1. The number of halogens is 1. The van der Waals surface area contributed by atoms with Gasteiger partial charge in [0.15, 0.2) is 0 Å². The van der Waals surface area contributed by atoms with Gasteiger partial charge in [0.25, 0.3) is 15.9 Å². The lowest BCUT2D eigenvalue weighted by molar-refractivity contribution is -0.119. The minimum atomic E-state index is -4.18. The molecule has 0 fully saturated rings. The number of ether oxygens (including phenoxy) is 2. The van der Waals surface area contributed by atoms with E-state index in [1.165, 1.54) is 56.6 Å². The van der Waals surface area contributed by atoms with Crippen molar-refractivity contribution in [3.05, 3.63) is 113 Å². The van der Waals surface area contributed by atoms with Gasteiger partial charge in [0.1, 0.15) is 24.7 Å². The fourth-order valence-corrected chi connectivity index (χ4v) is 5.53. The zero-order valence-electron chi connectivity index (χ0n) is 23.4. The first kappa shape index (κ1) is 31.1. The van der Waals surface area contributed by atoms with Gasteiger partial charge in [0.05, 0.1) is 23.9 Å². The molecule has 0 spiro atoms. The van der Waals surface area contributed by atoms with Gasteiger partial charge in [-0.15, -0.1) is 0 Å². The van der Waals surface area contributed by atoms with Gasteiger partial charge in [-0.2, -0.15) is 5.10 Å². The van der Waals surface area contributed by atoms with Crippen molar-refractivity contribution in [2.75, 3.05) is 23.3 Å². The molecule has 10 nitrogen and oxygen atoms in total. The molecule has 2 amide bonds. The van der Waals surface area contributed by atoms with Crippen LogP contribution in [0, 0.1) is 0 Å².